The quantitative estimate of drug-likeness (QED) is 0.863. The molecule has 1 heterocycles. The second-order valence-corrected chi connectivity index (χ2v) is 3.44. The van der Waals surface area contributed by atoms with E-state index in [-0.39, 0.29) is 17.7 Å². The van der Waals surface area contributed by atoms with Crippen molar-refractivity contribution in [1.82, 2.24) is 10.2 Å². The smallest absolute Gasteiger partial charge is 0.250 e. The molecule has 2 rings (SSSR count). The molecule has 1 unspecified atom stereocenters. The van der Waals surface area contributed by atoms with Gasteiger partial charge in [-0.25, -0.2) is 4.39 Å². The van der Waals surface area contributed by atoms with Crippen LogP contribution < -0.4 is 5.73 Å². The number of halogens is 1. The summed E-state index contributed by atoms with van der Waals surface area (Å²) in [6.45, 7) is 1.91. The van der Waals surface area contributed by atoms with Crippen LogP contribution in [0.15, 0.2) is 28.7 Å². The molecule has 84 valence electrons. The Morgan fingerprint density at radius 1 is 1.38 bits per heavy atom. The van der Waals surface area contributed by atoms with Gasteiger partial charge in [-0.15, -0.1) is 10.2 Å². The fourth-order valence-electron chi connectivity index (χ4n) is 1.30. The van der Waals surface area contributed by atoms with E-state index in [0.29, 0.717) is 17.9 Å². The third kappa shape index (κ3) is 1.94. The minimum atomic E-state index is -0.386. The lowest BCUT2D eigenvalue weighted by molar-refractivity contribution is 0.450. The maximum atomic E-state index is 13.4. The number of aromatic nitrogens is 2. The van der Waals surface area contributed by atoms with Crippen molar-refractivity contribution in [2.45, 2.75) is 19.4 Å². The third-order valence-corrected chi connectivity index (χ3v) is 2.30. The fourth-order valence-corrected chi connectivity index (χ4v) is 1.30. The van der Waals surface area contributed by atoms with Crippen LogP contribution in [0.4, 0.5) is 4.39 Å². The Kier molecular flexibility index (Phi) is 2.96. The van der Waals surface area contributed by atoms with Gasteiger partial charge in [0.1, 0.15) is 5.82 Å². The van der Waals surface area contributed by atoms with Gasteiger partial charge in [0.05, 0.1) is 11.6 Å². The van der Waals surface area contributed by atoms with E-state index in [1.54, 1.807) is 18.2 Å². The van der Waals surface area contributed by atoms with E-state index in [1.165, 1.54) is 6.07 Å². The highest BCUT2D eigenvalue weighted by Gasteiger charge is 2.15. The number of nitrogens with two attached hydrogens (primary N) is 1. The SMILES string of the molecule is CCC(N)c1nnc(-c2ccccc2F)o1. The molecule has 1 aromatic heterocycles. The highest BCUT2D eigenvalue weighted by molar-refractivity contribution is 5.53. The fraction of sp³-hybridized carbons (Fsp3) is 0.273. The first-order valence-electron chi connectivity index (χ1n) is 5.06. The molecule has 0 saturated heterocycles. The molecular weight excluding hydrogens is 209 g/mol. The van der Waals surface area contributed by atoms with Crippen molar-refractivity contribution in [2.75, 3.05) is 0 Å². The van der Waals surface area contributed by atoms with E-state index >= 15 is 0 Å². The molecule has 16 heavy (non-hydrogen) atoms. The maximum absolute atomic E-state index is 13.4. The zero-order valence-corrected chi connectivity index (χ0v) is 8.85. The average Bonchev–Trinajstić information content (AvgIpc) is 2.78. The van der Waals surface area contributed by atoms with E-state index in [1.807, 2.05) is 6.92 Å². The van der Waals surface area contributed by atoms with Gasteiger partial charge < -0.3 is 10.2 Å². The van der Waals surface area contributed by atoms with Crippen LogP contribution in [-0.4, -0.2) is 10.2 Å². The normalized spacial score (nSPS) is 12.7. The van der Waals surface area contributed by atoms with Gasteiger partial charge in [-0.05, 0) is 18.6 Å². The van der Waals surface area contributed by atoms with Gasteiger partial charge >= 0.3 is 0 Å². The molecule has 0 amide bonds. The summed E-state index contributed by atoms with van der Waals surface area (Å²) in [6.07, 6.45) is 0.693. The van der Waals surface area contributed by atoms with E-state index in [0.717, 1.165) is 0 Å². The zero-order chi connectivity index (χ0) is 11.5. The molecule has 0 aliphatic heterocycles. The molecule has 0 saturated carbocycles. The first-order chi connectivity index (χ1) is 7.72. The predicted molar refractivity (Wildman–Crippen MR) is 56.9 cm³/mol. The Balaban J connectivity index is 2.35. The molecule has 0 aliphatic rings. The monoisotopic (exact) mass is 221 g/mol. The number of benzene rings is 1. The van der Waals surface area contributed by atoms with Crippen molar-refractivity contribution < 1.29 is 8.81 Å². The topological polar surface area (TPSA) is 64.9 Å². The lowest BCUT2D eigenvalue weighted by atomic mass is 10.2. The minimum Gasteiger partial charge on any atom is -0.419 e. The van der Waals surface area contributed by atoms with Gasteiger partial charge in [0.2, 0.25) is 5.89 Å². The molecule has 1 atom stereocenters. The number of hydrogen-bond acceptors (Lipinski definition) is 4. The van der Waals surface area contributed by atoms with Crippen LogP contribution in [-0.2, 0) is 0 Å². The Morgan fingerprint density at radius 3 is 2.81 bits per heavy atom. The Labute approximate surface area is 92.3 Å². The molecule has 5 heteroatoms. The second-order valence-electron chi connectivity index (χ2n) is 3.44. The van der Waals surface area contributed by atoms with Crippen molar-refractivity contribution in [3.8, 4) is 11.5 Å². The third-order valence-electron chi connectivity index (χ3n) is 2.30. The summed E-state index contributed by atoms with van der Waals surface area (Å²) in [4.78, 5) is 0. The average molecular weight is 221 g/mol. The van der Waals surface area contributed by atoms with Gasteiger partial charge in [0.15, 0.2) is 0 Å². The molecule has 1 aromatic carbocycles. The highest BCUT2D eigenvalue weighted by atomic mass is 19.1. The summed E-state index contributed by atoms with van der Waals surface area (Å²) in [5.74, 6) is 0.112. The van der Waals surface area contributed by atoms with Crippen LogP contribution in [0.5, 0.6) is 0 Å². The molecule has 0 fully saturated rings. The Hall–Kier alpha value is -1.75. The predicted octanol–water partition coefficient (Wildman–Crippen LogP) is 2.29. The number of hydrogen-bond donors (Lipinski definition) is 1. The van der Waals surface area contributed by atoms with Gasteiger partial charge in [0, 0.05) is 0 Å². The standard InChI is InChI=1S/C11H12FN3O/c1-2-9(13)11-15-14-10(16-11)7-5-3-4-6-8(7)12/h3-6,9H,2,13H2,1H3. The van der Waals surface area contributed by atoms with E-state index in [2.05, 4.69) is 10.2 Å². The van der Waals surface area contributed by atoms with Crippen LogP contribution in [0.25, 0.3) is 11.5 Å². The molecule has 0 radical (unpaired) electrons. The van der Waals surface area contributed by atoms with E-state index in [4.69, 9.17) is 10.2 Å². The van der Waals surface area contributed by atoms with Gasteiger partial charge in [0.25, 0.3) is 5.89 Å². The molecule has 0 aliphatic carbocycles. The first-order valence-corrected chi connectivity index (χ1v) is 5.06. The second kappa shape index (κ2) is 4.40. The number of rotatable bonds is 3. The highest BCUT2D eigenvalue weighted by Crippen LogP contribution is 2.23. The van der Waals surface area contributed by atoms with Crippen LogP contribution >= 0.6 is 0 Å². The maximum Gasteiger partial charge on any atom is 0.250 e. The summed E-state index contributed by atoms with van der Waals surface area (Å²) < 4.78 is 18.7. The van der Waals surface area contributed by atoms with Crippen molar-refractivity contribution in [2.24, 2.45) is 5.73 Å². The van der Waals surface area contributed by atoms with Gasteiger partial charge in [-0.1, -0.05) is 19.1 Å². The van der Waals surface area contributed by atoms with Crippen LogP contribution in [0.1, 0.15) is 25.3 Å². The summed E-state index contributed by atoms with van der Waals surface area (Å²) in [5.41, 5.74) is 6.03. The molecule has 0 spiro atoms. The molecular formula is C11H12FN3O. The van der Waals surface area contributed by atoms with Crippen LogP contribution in [0.2, 0.25) is 0 Å². The van der Waals surface area contributed by atoms with Gasteiger partial charge in [-0.3, -0.25) is 0 Å². The number of nitrogens with zero attached hydrogens (tertiary/aromatic N) is 2. The Bertz CT molecular complexity index is 484. The van der Waals surface area contributed by atoms with E-state index < -0.39 is 0 Å². The van der Waals surface area contributed by atoms with Crippen LogP contribution in [0.3, 0.4) is 0 Å². The van der Waals surface area contributed by atoms with Crippen molar-refractivity contribution in [3.63, 3.8) is 0 Å². The van der Waals surface area contributed by atoms with Crippen molar-refractivity contribution in [1.29, 1.82) is 0 Å². The van der Waals surface area contributed by atoms with Gasteiger partial charge in [-0.2, -0.15) is 0 Å². The first kappa shape index (κ1) is 10.8. The van der Waals surface area contributed by atoms with Crippen molar-refractivity contribution >= 4 is 0 Å². The molecule has 2 N–H and O–H groups in total. The Morgan fingerprint density at radius 2 is 2.12 bits per heavy atom. The molecule has 0 bridgehead atoms. The van der Waals surface area contributed by atoms with Crippen LogP contribution in [0, 0.1) is 5.82 Å². The zero-order valence-electron chi connectivity index (χ0n) is 8.85. The lowest BCUT2D eigenvalue weighted by Gasteiger charge is -2.00. The summed E-state index contributed by atoms with van der Waals surface area (Å²) in [6, 6.07) is 5.95. The largest absolute Gasteiger partial charge is 0.419 e. The summed E-state index contributed by atoms with van der Waals surface area (Å²) >= 11 is 0. The molecule has 4 nitrogen and oxygen atoms in total. The lowest BCUT2D eigenvalue weighted by Crippen LogP contribution is -2.08. The van der Waals surface area contributed by atoms with Crippen molar-refractivity contribution in [3.05, 3.63) is 36.0 Å². The summed E-state index contributed by atoms with van der Waals surface area (Å²) in [5, 5.41) is 7.58. The summed E-state index contributed by atoms with van der Waals surface area (Å²) in [7, 11) is 0. The molecule has 2 aromatic rings. The van der Waals surface area contributed by atoms with E-state index in [9.17, 15) is 4.39 Å². The minimum absolute atomic E-state index is 0.164.